The molecule has 0 bridgehead atoms. The van der Waals surface area contributed by atoms with Gasteiger partial charge >= 0.3 is 5.97 Å². The molecule has 0 aliphatic carbocycles. The molecule has 106 valence electrons. The first-order chi connectivity index (χ1) is 8.81. The molecular weight excluding hydrogens is 274 g/mol. The predicted octanol–water partition coefficient (Wildman–Crippen LogP) is 0.919. The number of benzene rings is 1. The predicted molar refractivity (Wildman–Crippen MR) is 69.2 cm³/mol. The van der Waals surface area contributed by atoms with Crippen LogP contribution in [0.5, 0.6) is 11.5 Å². The average Bonchev–Trinajstić information content (AvgIpc) is 2.37. The fourth-order valence-corrected chi connectivity index (χ4v) is 2.18. The number of nitrogens with one attached hydrogen (secondary N) is 1. The second-order valence-electron chi connectivity index (χ2n) is 3.69. The molecule has 7 nitrogen and oxygen atoms in total. The lowest BCUT2D eigenvalue weighted by molar-refractivity contribution is -0.136. The highest BCUT2D eigenvalue weighted by Gasteiger charge is 2.28. The maximum absolute atomic E-state index is 11.8. The van der Waals surface area contributed by atoms with Gasteiger partial charge in [0.15, 0.2) is 5.25 Å². The molecule has 0 aromatic heterocycles. The summed E-state index contributed by atoms with van der Waals surface area (Å²) >= 11 is 0. The van der Waals surface area contributed by atoms with E-state index in [1.807, 2.05) is 0 Å². The van der Waals surface area contributed by atoms with Gasteiger partial charge in [-0.1, -0.05) is 0 Å². The quantitative estimate of drug-likeness (QED) is 0.807. The van der Waals surface area contributed by atoms with E-state index < -0.39 is 21.2 Å². The van der Waals surface area contributed by atoms with E-state index in [9.17, 15) is 13.2 Å². The molecule has 0 spiro atoms. The molecule has 1 unspecified atom stereocenters. The van der Waals surface area contributed by atoms with Gasteiger partial charge in [-0.15, -0.1) is 0 Å². The maximum atomic E-state index is 11.8. The number of rotatable bonds is 6. The van der Waals surface area contributed by atoms with Gasteiger partial charge in [0.25, 0.3) is 0 Å². The summed E-state index contributed by atoms with van der Waals surface area (Å²) in [6.07, 6.45) is 0. The van der Waals surface area contributed by atoms with Gasteiger partial charge in [0.1, 0.15) is 11.5 Å². The molecule has 0 aliphatic heterocycles. The van der Waals surface area contributed by atoms with Crippen molar-refractivity contribution in [2.75, 3.05) is 18.9 Å². The molecule has 0 aliphatic rings. The molecule has 2 N–H and O–H groups in total. The molecule has 1 atom stereocenters. The van der Waals surface area contributed by atoms with Crippen molar-refractivity contribution < 1.29 is 27.8 Å². The number of carbonyl (C=O) groups is 1. The van der Waals surface area contributed by atoms with E-state index in [0.29, 0.717) is 5.75 Å². The third kappa shape index (κ3) is 3.50. The Morgan fingerprint density at radius 2 is 1.95 bits per heavy atom. The number of carboxylic acid groups (broad SMARTS) is 1. The van der Waals surface area contributed by atoms with Gasteiger partial charge in [0, 0.05) is 6.07 Å². The summed E-state index contributed by atoms with van der Waals surface area (Å²) in [4.78, 5) is 10.7. The Morgan fingerprint density at radius 1 is 1.32 bits per heavy atom. The van der Waals surface area contributed by atoms with Crippen LogP contribution >= 0.6 is 0 Å². The zero-order valence-corrected chi connectivity index (χ0v) is 11.5. The van der Waals surface area contributed by atoms with Crippen molar-refractivity contribution in [3.05, 3.63) is 18.2 Å². The number of methoxy groups -OCH3 is 2. The van der Waals surface area contributed by atoms with Crippen molar-refractivity contribution >= 4 is 21.7 Å². The Balaban J connectivity index is 3.14. The number of hydrogen-bond donors (Lipinski definition) is 2. The summed E-state index contributed by atoms with van der Waals surface area (Å²) in [6, 6.07) is 4.52. The van der Waals surface area contributed by atoms with E-state index in [4.69, 9.17) is 14.6 Å². The maximum Gasteiger partial charge on any atom is 0.323 e. The average molecular weight is 289 g/mol. The number of hydrogen-bond acceptors (Lipinski definition) is 5. The van der Waals surface area contributed by atoms with Gasteiger partial charge in [-0.25, -0.2) is 8.42 Å². The van der Waals surface area contributed by atoms with Crippen molar-refractivity contribution in [2.45, 2.75) is 12.2 Å². The first-order valence-corrected chi connectivity index (χ1v) is 6.83. The Hall–Kier alpha value is -1.96. The molecule has 1 aromatic rings. The smallest absolute Gasteiger partial charge is 0.323 e. The van der Waals surface area contributed by atoms with E-state index in [-0.39, 0.29) is 11.4 Å². The van der Waals surface area contributed by atoms with Crippen LogP contribution in [0.3, 0.4) is 0 Å². The minimum Gasteiger partial charge on any atom is -0.497 e. The van der Waals surface area contributed by atoms with Crippen molar-refractivity contribution in [3.8, 4) is 11.5 Å². The standard InChI is InChI=1S/C11H15NO6S/c1-7(11(13)14)19(15,16)12-9-6-8(17-2)4-5-10(9)18-3/h4-7,12H,1-3H3,(H,13,14). The van der Waals surface area contributed by atoms with Crippen LogP contribution in [0.1, 0.15) is 6.92 Å². The molecular formula is C11H15NO6S. The summed E-state index contributed by atoms with van der Waals surface area (Å²) in [6.45, 7) is 1.08. The molecule has 1 rings (SSSR count). The van der Waals surface area contributed by atoms with E-state index in [0.717, 1.165) is 6.92 Å². The van der Waals surface area contributed by atoms with Gasteiger partial charge in [-0.3, -0.25) is 9.52 Å². The topological polar surface area (TPSA) is 102 Å². The van der Waals surface area contributed by atoms with E-state index in [2.05, 4.69) is 4.72 Å². The lowest BCUT2D eigenvalue weighted by Gasteiger charge is -2.14. The Bertz CT molecular complexity index is 569. The first kappa shape index (κ1) is 15.1. The molecule has 0 heterocycles. The third-order valence-electron chi connectivity index (χ3n) is 2.47. The zero-order valence-electron chi connectivity index (χ0n) is 10.7. The van der Waals surface area contributed by atoms with Crippen molar-refractivity contribution in [1.29, 1.82) is 0 Å². The van der Waals surface area contributed by atoms with Gasteiger partial charge < -0.3 is 14.6 Å². The van der Waals surface area contributed by atoms with Gasteiger partial charge in [-0.2, -0.15) is 0 Å². The number of anilines is 1. The highest BCUT2D eigenvalue weighted by atomic mass is 32.2. The zero-order chi connectivity index (χ0) is 14.6. The minimum absolute atomic E-state index is 0.120. The van der Waals surface area contributed by atoms with E-state index >= 15 is 0 Å². The fraction of sp³-hybridized carbons (Fsp3) is 0.364. The van der Waals surface area contributed by atoms with Crippen LogP contribution in [0.2, 0.25) is 0 Å². The Labute approximate surface area is 111 Å². The van der Waals surface area contributed by atoms with Crippen LogP contribution < -0.4 is 14.2 Å². The Kier molecular flexibility index (Phi) is 4.60. The van der Waals surface area contributed by atoms with Crippen molar-refractivity contribution in [3.63, 3.8) is 0 Å². The van der Waals surface area contributed by atoms with Crippen LogP contribution in [0, 0.1) is 0 Å². The van der Waals surface area contributed by atoms with Gasteiger partial charge in [-0.05, 0) is 19.1 Å². The second-order valence-corrected chi connectivity index (χ2v) is 5.70. The highest BCUT2D eigenvalue weighted by molar-refractivity contribution is 7.94. The molecule has 0 radical (unpaired) electrons. The molecule has 0 saturated carbocycles. The lowest BCUT2D eigenvalue weighted by Crippen LogP contribution is -2.32. The van der Waals surface area contributed by atoms with E-state index in [1.54, 1.807) is 6.07 Å². The number of carboxylic acids is 1. The minimum atomic E-state index is -4.06. The number of sulfonamides is 1. The summed E-state index contributed by atoms with van der Waals surface area (Å²) < 4.78 is 35.8. The number of ether oxygens (including phenoxy) is 2. The largest absolute Gasteiger partial charge is 0.497 e. The van der Waals surface area contributed by atoms with Gasteiger partial charge in [0.05, 0.1) is 19.9 Å². The summed E-state index contributed by atoms with van der Waals surface area (Å²) in [5.74, 6) is -0.752. The molecule has 0 fully saturated rings. The van der Waals surface area contributed by atoms with Crippen molar-refractivity contribution in [2.24, 2.45) is 0 Å². The van der Waals surface area contributed by atoms with Crippen molar-refractivity contribution in [1.82, 2.24) is 0 Å². The lowest BCUT2D eigenvalue weighted by atomic mass is 10.3. The third-order valence-corrected chi connectivity index (χ3v) is 4.11. The second kappa shape index (κ2) is 5.79. The molecule has 1 aromatic carbocycles. The van der Waals surface area contributed by atoms with Crippen LogP contribution in [0.4, 0.5) is 5.69 Å². The normalized spacial score (nSPS) is 12.6. The SMILES string of the molecule is COc1ccc(OC)c(NS(=O)(=O)C(C)C(=O)O)c1. The monoisotopic (exact) mass is 289 g/mol. The summed E-state index contributed by atoms with van der Waals surface area (Å²) in [5, 5.41) is 7.17. The van der Waals surface area contributed by atoms with Gasteiger partial charge in [0.2, 0.25) is 10.0 Å². The first-order valence-electron chi connectivity index (χ1n) is 5.28. The van der Waals surface area contributed by atoms with Crippen LogP contribution in [-0.2, 0) is 14.8 Å². The molecule has 0 saturated heterocycles. The summed E-state index contributed by atoms with van der Waals surface area (Å²) in [5.41, 5.74) is 0.120. The highest BCUT2D eigenvalue weighted by Crippen LogP contribution is 2.30. The molecule has 0 amide bonds. The fourth-order valence-electron chi connectivity index (χ4n) is 1.27. The van der Waals surface area contributed by atoms with Crippen LogP contribution in [0.25, 0.3) is 0 Å². The summed E-state index contributed by atoms with van der Waals surface area (Å²) in [7, 11) is -1.25. The number of aliphatic carboxylic acids is 1. The molecule has 8 heteroatoms. The Morgan fingerprint density at radius 3 is 2.42 bits per heavy atom. The molecule has 19 heavy (non-hydrogen) atoms. The van der Waals surface area contributed by atoms with E-state index in [1.165, 1.54) is 26.4 Å². The van der Waals surface area contributed by atoms with Crippen LogP contribution in [-0.4, -0.2) is 39.0 Å². The van der Waals surface area contributed by atoms with Crippen LogP contribution in [0.15, 0.2) is 18.2 Å².